The molecule has 0 aliphatic rings. The van der Waals surface area contributed by atoms with Crippen molar-refractivity contribution in [3.8, 4) is 10.6 Å². The van der Waals surface area contributed by atoms with E-state index < -0.39 is 0 Å². The summed E-state index contributed by atoms with van der Waals surface area (Å²) in [6.45, 7) is 4.41. The summed E-state index contributed by atoms with van der Waals surface area (Å²) in [5.74, 6) is -0.0561. The molecule has 0 unspecified atom stereocenters. The summed E-state index contributed by atoms with van der Waals surface area (Å²) < 4.78 is 1.43. The van der Waals surface area contributed by atoms with E-state index >= 15 is 0 Å². The Kier molecular flexibility index (Phi) is 5.63. The number of nitrogens with zero attached hydrogens (tertiary/aromatic N) is 2. The first kappa shape index (κ1) is 18.1. The standard InChI is InChI=1S/C20H21N3O2S/c1-14-7-8-16(15(2)13-14)21-19(24)6-3-11-23-20(25)10-9-17(22-23)18-5-4-12-26-18/h4-5,7-10,12-13H,3,6,11H2,1-2H3,(H,21,24). The van der Waals surface area contributed by atoms with Gasteiger partial charge in [-0.25, -0.2) is 4.68 Å². The second-order valence-electron chi connectivity index (χ2n) is 6.23. The van der Waals surface area contributed by atoms with Crippen LogP contribution in [0, 0.1) is 13.8 Å². The SMILES string of the molecule is Cc1ccc(NC(=O)CCCn2nc(-c3cccs3)ccc2=O)c(C)c1. The maximum absolute atomic E-state index is 12.2. The van der Waals surface area contributed by atoms with E-state index in [-0.39, 0.29) is 11.5 Å². The van der Waals surface area contributed by atoms with Crippen LogP contribution in [0.1, 0.15) is 24.0 Å². The van der Waals surface area contributed by atoms with Gasteiger partial charge in [-0.3, -0.25) is 9.59 Å². The number of rotatable bonds is 6. The van der Waals surface area contributed by atoms with Crippen LogP contribution in [0.4, 0.5) is 5.69 Å². The number of hydrogen-bond donors (Lipinski definition) is 1. The molecule has 26 heavy (non-hydrogen) atoms. The van der Waals surface area contributed by atoms with Gasteiger partial charge in [0, 0.05) is 24.7 Å². The zero-order chi connectivity index (χ0) is 18.5. The summed E-state index contributed by atoms with van der Waals surface area (Å²) in [6.07, 6.45) is 0.891. The molecule has 0 saturated heterocycles. The summed E-state index contributed by atoms with van der Waals surface area (Å²) in [4.78, 5) is 25.2. The van der Waals surface area contributed by atoms with E-state index in [0.29, 0.717) is 19.4 Å². The largest absolute Gasteiger partial charge is 0.326 e. The summed E-state index contributed by atoms with van der Waals surface area (Å²) in [5, 5.41) is 9.31. The van der Waals surface area contributed by atoms with Gasteiger partial charge < -0.3 is 5.32 Å². The summed E-state index contributed by atoms with van der Waals surface area (Å²) in [6, 6.07) is 13.1. The third-order valence-electron chi connectivity index (χ3n) is 4.07. The highest BCUT2D eigenvalue weighted by Crippen LogP contribution is 2.21. The lowest BCUT2D eigenvalue weighted by Gasteiger charge is -2.10. The molecular formula is C20H21N3O2S. The minimum absolute atomic E-state index is 0.0561. The van der Waals surface area contributed by atoms with E-state index in [1.807, 2.05) is 49.6 Å². The van der Waals surface area contributed by atoms with Gasteiger partial charge in [0.25, 0.3) is 5.56 Å². The molecule has 0 radical (unpaired) electrons. The predicted octanol–water partition coefficient (Wildman–Crippen LogP) is 4.01. The van der Waals surface area contributed by atoms with Gasteiger partial charge in [-0.1, -0.05) is 23.8 Å². The van der Waals surface area contributed by atoms with Crippen molar-refractivity contribution in [2.24, 2.45) is 0 Å². The average molecular weight is 367 g/mol. The van der Waals surface area contributed by atoms with Crippen molar-refractivity contribution in [1.29, 1.82) is 0 Å². The molecule has 6 heteroatoms. The van der Waals surface area contributed by atoms with Crippen LogP contribution in [0.25, 0.3) is 10.6 Å². The van der Waals surface area contributed by atoms with Crippen LogP contribution < -0.4 is 10.9 Å². The Morgan fingerprint density at radius 1 is 1.19 bits per heavy atom. The van der Waals surface area contributed by atoms with E-state index in [1.165, 1.54) is 10.7 Å². The quantitative estimate of drug-likeness (QED) is 0.716. The molecular weight excluding hydrogens is 346 g/mol. The van der Waals surface area contributed by atoms with Crippen molar-refractivity contribution in [2.75, 3.05) is 5.32 Å². The first-order valence-electron chi connectivity index (χ1n) is 8.52. The molecule has 1 N–H and O–H groups in total. The predicted molar refractivity (Wildman–Crippen MR) is 106 cm³/mol. The van der Waals surface area contributed by atoms with Crippen LogP contribution in [0.15, 0.2) is 52.6 Å². The molecule has 134 valence electrons. The van der Waals surface area contributed by atoms with E-state index in [2.05, 4.69) is 10.4 Å². The number of thiophene rings is 1. The van der Waals surface area contributed by atoms with Crippen LogP contribution in [0.2, 0.25) is 0 Å². The number of nitrogens with one attached hydrogen (secondary N) is 1. The Bertz CT molecular complexity index is 961. The van der Waals surface area contributed by atoms with Crippen LogP contribution in [-0.4, -0.2) is 15.7 Å². The molecule has 5 nitrogen and oxygen atoms in total. The van der Waals surface area contributed by atoms with Gasteiger partial charge in [0.1, 0.15) is 5.69 Å². The first-order valence-corrected chi connectivity index (χ1v) is 9.40. The number of benzene rings is 1. The molecule has 2 aromatic heterocycles. The fourth-order valence-corrected chi connectivity index (χ4v) is 3.41. The van der Waals surface area contributed by atoms with Gasteiger partial charge in [0.15, 0.2) is 0 Å². The third-order valence-corrected chi connectivity index (χ3v) is 4.96. The molecule has 0 saturated carbocycles. The van der Waals surface area contributed by atoms with E-state index in [4.69, 9.17) is 0 Å². The van der Waals surface area contributed by atoms with Gasteiger partial charge in [0.2, 0.25) is 5.91 Å². The molecule has 0 aliphatic heterocycles. The molecule has 2 heterocycles. The lowest BCUT2D eigenvalue weighted by molar-refractivity contribution is -0.116. The smallest absolute Gasteiger partial charge is 0.266 e. The van der Waals surface area contributed by atoms with Crippen LogP contribution in [-0.2, 0) is 11.3 Å². The Morgan fingerprint density at radius 2 is 2.04 bits per heavy atom. The number of hydrogen-bond acceptors (Lipinski definition) is 4. The van der Waals surface area contributed by atoms with Gasteiger partial charge in [-0.2, -0.15) is 5.10 Å². The zero-order valence-electron chi connectivity index (χ0n) is 14.9. The van der Waals surface area contributed by atoms with Crippen LogP contribution >= 0.6 is 11.3 Å². The molecule has 0 bridgehead atoms. The normalized spacial score (nSPS) is 10.7. The number of carbonyl (C=O) groups is 1. The van der Waals surface area contributed by atoms with Gasteiger partial charge in [0.05, 0.1) is 4.88 Å². The summed E-state index contributed by atoms with van der Waals surface area (Å²) in [5.41, 5.74) is 3.66. The van der Waals surface area contributed by atoms with Gasteiger partial charge in [-0.05, 0) is 49.4 Å². The first-order chi connectivity index (χ1) is 12.5. The van der Waals surface area contributed by atoms with Crippen molar-refractivity contribution >= 4 is 22.9 Å². The maximum Gasteiger partial charge on any atom is 0.266 e. The minimum atomic E-state index is -0.153. The molecule has 0 atom stereocenters. The molecule has 3 rings (SSSR count). The van der Waals surface area contributed by atoms with E-state index in [0.717, 1.165) is 27.4 Å². The Morgan fingerprint density at radius 3 is 2.77 bits per heavy atom. The van der Waals surface area contributed by atoms with Crippen molar-refractivity contribution in [3.63, 3.8) is 0 Å². The fourth-order valence-electron chi connectivity index (χ4n) is 2.72. The number of amides is 1. The average Bonchev–Trinajstić information content (AvgIpc) is 3.14. The highest BCUT2D eigenvalue weighted by molar-refractivity contribution is 7.13. The molecule has 3 aromatic rings. The third kappa shape index (κ3) is 4.46. The Balaban J connectivity index is 1.58. The Hall–Kier alpha value is -2.73. The lowest BCUT2D eigenvalue weighted by Crippen LogP contribution is -2.23. The molecule has 1 aromatic carbocycles. The maximum atomic E-state index is 12.2. The van der Waals surface area contributed by atoms with Crippen LogP contribution in [0.5, 0.6) is 0 Å². The Labute approximate surface area is 156 Å². The topological polar surface area (TPSA) is 64.0 Å². The number of aryl methyl sites for hydroxylation is 3. The number of carbonyl (C=O) groups excluding carboxylic acids is 1. The summed E-state index contributed by atoms with van der Waals surface area (Å²) >= 11 is 1.58. The molecule has 0 aliphatic carbocycles. The molecule has 1 amide bonds. The second kappa shape index (κ2) is 8.10. The van der Waals surface area contributed by atoms with Crippen LogP contribution in [0.3, 0.4) is 0 Å². The molecule has 0 fully saturated rings. The second-order valence-corrected chi connectivity index (χ2v) is 7.18. The van der Waals surface area contributed by atoms with Crippen molar-refractivity contribution in [2.45, 2.75) is 33.2 Å². The van der Waals surface area contributed by atoms with Gasteiger partial charge in [-0.15, -0.1) is 11.3 Å². The van der Waals surface area contributed by atoms with Gasteiger partial charge >= 0.3 is 0 Å². The molecule has 0 spiro atoms. The monoisotopic (exact) mass is 367 g/mol. The minimum Gasteiger partial charge on any atom is -0.326 e. The van der Waals surface area contributed by atoms with Crippen molar-refractivity contribution in [1.82, 2.24) is 9.78 Å². The lowest BCUT2D eigenvalue weighted by atomic mass is 10.1. The van der Waals surface area contributed by atoms with E-state index in [9.17, 15) is 9.59 Å². The number of anilines is 1. The zero-order valence-corrected chi connectivity index (χ0v) is 15.7. The highest BCUT2D eigenvalue weighted by Gasteiger charge is 2.07. The summed E-state index contributed by atoms with van der Waals surface area (Å²) in [7, 11) is 0. The van der Waals surface area contributed by atoms with Crippen molar-refractivity contribution in [3.05, 3.63) is 69.3 Å². The number of aromatic nitrogens is 2. The van der Waals surface area contributed by atoms with E-state index in [1.54, 1.807) is 17.4 Å². The van der Waals surface area contributed by atoms with Crippen molar-refractivity contribution < 1.29 is 4.79 Å². The fraction of sp³-hybridized carbons (Fsp3) is 0.250. The highest BCUT2D eigenvalue weighted by atomic mass is 32.1.